The van der Waals surface area contributed by atoms with E-state index in [0.29, 0.717) is 12.1 Å². The Morgan fingerprint density at radius 1 is 1.47 bits per heavy atom. The van der Waals surface area contributed by atoms with Crippen LogP contribution >= 0.6 is 12.4 Å². The Balaban J connectivity index is 0.00000144. The fraction of sp³-hybridized carbons (Fsp3) is 0.538. The second-order valence-corrected chi connectivity index (χ2v) is 4.50. The first-order valence-corrected chi connectivity index (χ1v) is 5.84. The summed E-state index contributed by atoms with van der Waals surface area (Å²) in [6.07, 6.45) is 1.11. The van der Waals surface area contributed by atoms with E-state index in [2.05, 4.69) is 24.0 Å². The molecule has 96 valence electrons. The van der Waals surface area contributed by atoms with Crippen molar-refractivity contribution in [1.29, 1.82) is 0 Å². The zero-order chi connectivity index (χ0) is 11.5. The number of hydrogen-bond acceptors (Lipinski definition) is 3. The molecule has 2 unspecified atom stereocenters. The summed E-state index contributed by atoms with van der Waals surface area (Å²) in [5.41, 5.74) is 7.23. The summed E-state index contributed by atoms with van der Waals surface area (Å²) in [4.78, 5) is 2.43. The lowest BCUT2D eigenvalue weighted by Crippen LogP contribution is -2.28. The number of hydrogen-bond donors (Lipinski definition) is 1. The smallest absolute Gasteiger partial charge is 0.119 e. The zero-order valence-electron chi connectivity index (χ0n) is 10.4. The van der Waals surface area contributed by atoms with E-state index >= 15 is 0 Å². The van der Waals surface area contributed by atoms with Gasteiger partial charge in [0.25, 0.3) is 0 Å². The summed E-state index contributed by atoms with van der Waals surface area (Å²) in [6.45, 7) is 4.32. The van der Waals surface area contributed by atoms with Crippen molar-refractivity contribution in [3.63, 3.8) is 0 Å². The van der Waals surface area contributed by atoms with Gasteiger partial charge in [0.15, 0.2) is 0 Å². The number of nitrogens with zero attached hydrogens (tertiary/aromatic N) is 1. The third-order valence-corrected chi connectivity index (χ3v) is 3.38. The third-order valence-electron chi connectivity index (χ3n) is 3.38. The molecule has 2 rings (SSSR count). The molecule has 1 saturated heterocycles. The first-order valence-electron chi connectivity index (χ1n) is 5.84. The molecular formula is C13H21ClN2O. The highest BCUT2D eigenvalue weighted by molar-refractivity contribution is 5.85. The molecule has 0 aromatic heterocycles. The zero-order valence-corrected chi connectivity index (χ0v) is 11.2. The molecule has 0 amide bonds. The molecule has 17 heavy (non-hydrogen) atoms. The van der Waals surface area contributed by atoms with E-state index in [1.54, 1.807) is 7.11 Å². The van der Waals surface area contributed by atoms with Crippen molar-refractivity contribution < 1.29 is 4.74 Å². The average molecular weight is 257 g/mol. The molecule has 1 aromatic carbocycles. The third kappa shape index (κ3) is 3.35. The summed E-state index contributed by atoms with van der Waals surface area (Å²) < 4.78 is 5.25. The van der Waals surface area contributed by atoms with Crippen molar-refractivity contribution in [1.82, 2.24) is 4.90 Å². The molecule has 0 aliphatic carbocycles. The topological polar surface area (TPSA) is 38.5 Å². The van der Waals surface area contributed by atoms with E-state index in [4.69, 9.17) is 10.5 Å². The molecule has 0 saturated carbocycles. The Hall–Kier alpha value is -0.770. The molecule has 1 aliphatic rings. The highest BCUT2D eigenvalue weighted by Crippen LogP contribution is 2.26. The van der Waals surface area contributed by atoms with Gasteiger partial charge in [0.05, 0.1) is 7.11 Å². The molecule has 1 aliphatic heterocycles. The van der Waals surface area contributed by atoms with Crippen LogP contribution in [0.4, 0.5) is 0 Å². The van der Waals surface area contributed by atoms with Crippen molar-refractivity contribution in [2.45, 2.75) is 25.4 Å². The number of ether oxygens (including phenoxy) is 1. The standard InChI is InChI=1S/C13H20N2O.ClH/c1-10(15-7-6-12(14)9-15)11-4-3-5-13(8-11)16-2;/h3-5,8,10,12H,6-7,9,14H2,1-2H3;1H. The SMILES string of the molecule is COc1cccc(C(C)N2CCC(N)C2)c1.Cl. The van der Waals surface area contributed by atoms with Gasteiger partial charge >= 0.3 is 0 Å². The van der Waals surface area contributed by atoms with Crippen molar-refractivity contribution in [3.8, 4) is 5.75 Å². The van der Waals surface area contributed by atoms with Gasteiger partial charge in [0.2, 0.25) is 0 Å². The summed E-state index contributed by atoms with van der Waals surface area (Å²) in [5, 5.41) is 0. The van der Waals surface area contributed by atoms with Crippen LogP contribution in [-0.4, -0.2) is 31.1 Å². The number of likely N-dealkylation sites (tertiary alicyclic amines) is 1. The molecule has 2 N–H and O–H groups in total. The monoisotopic (exact) mass is 256 g/mol. The second kappa shape index (κ2) is 6.24. The Kier molecular flexibility index (Phi) is 5.25. The Morgan fingerprint density at radius 2 is 2.24 bits per heavy atom. The van der Waals surface area contributed by atoms with E-state index in [1.165, 1.54) is 5.56 Å². The van der Waals surface area contributed by atoms with Crippen LogP contribution in [0.5, 0.6) is 5.75 Å². The van der Waals surface area contributed by atoms with E-state index in [9.17, 15) is 0 Å². The van der Waals surface area contributed by atoms with Crippen molar-refractivity contribution in [3.05, 3.63) is 29.8 Å². The summed E-state index contributed by atoms with van der Waals surface area (Å²) in [6, 6.07) is 9.04. The normalized spacial score (nSPS) is 21.9. The number of rotatable bonds is 3. The summed E-state index contributed by atoms with van der Waals surface area (Å²) >= 11 is 0. The predicted octanol–water partition coefficient (Wildman–Crippen LogP) is 2.21. The van der Waals surface area contributed by atoms with Crippen LogP contribution in [-0.2, 0) is 0 Å². The minimum atomic E-state index is 0. The van der Waals surface area contributed by atoms with Gasteiger partial charge in [0.1, 0.15) is 5.75 Å². The van der Waals surface area contributed by atoms with Crippen LogP contribution in [0.1, 0.15) is 24.9 Å². The minimum absolute atomic E-state index is 0. The molecule has 1 heterocycles. The van der Waals surface area contributed by atoms with Crippen LogP contribution in [0.25, 0.3) is 0 Å². The second-order valence-electron chi connectivity index (χ2n) is 4.50. The number of halogens is 1. The Bertz CT molecular complexity index is 359. The molecule has 0 spiro atoms. The molecule has 3 nitrogen and oxygen atoms in total. The van der Waals surface area contributed by atoms with Gasteiger partial charge in [-0.3, -0.25) is 4.90 Å². The highest BCUT2D eigenvalue weighted by Gasteiger charge is 2.24. The fourth-order valence-electron chi connectivity index (χ4n) is 2.28. The minimum Gasteiger partial charge on any atom is -0.497 e. The number of nitrogens with two attached hydrogens (primary N) is 1. The summed E-state index contributed by atoms with van der Waals surface area (Å²) in [5.74, 6) is 0.924. The van der Waals surface area contributed by atoms with E-state index in [0.717, 1.165) is 25.3 Å². The van der Waals surface area contributed by atoms with Crippen LogP contribution in [0.15, 0.2) is 24.3 Å². The van der Waals surface area contributed by atoms with Gasteiger partial charge in [-0.1, -0.05) is 12.1 Å². The van der Waals surface area contributed by atoms with Crippen LogP contribution in [0.2, 0.25) is 0 Å². The van der Waals surface area contributed by atoms with Gasteiger partial charge in [-0.05, 0) is 31.0 Å². The van der Waals surface area contributed by atoms with Gasteiger partial charge < -0.3 is 10.5 Å². The first kappa shape index (κ1) is 14.3. The lowest BCUT2D eigenvalue weighted by atomic mass is 10.1. The van der Waals surface area contributed by atoms with Crippen LogP contribution in [0.3, 0.4) is 0 Å². The molecule has 4 heteroatoms. The molecular weight excluding hydrogens is 236 g/mol. The van der Waals surface area contributed by atoms with Crippen molar-refractivity contribution in [2.24, 2.45) is 5.73 Å². The van der Waals surface area contributed by atoms with E-state index in [1.807, 2.05) is 12.1 Å². The molecule has 1 aromatic rings. The molecule has 1 fully saturated rings. The quantitative estimate of drug-likeness (QED) is 0.901. The molecule has 2 atom stereocenters. The predicted molar refractivity (Wildman–Crippen MR) is 72.8 cm³/mol. The van der Waals surface area contributed by atoms with Gasteiger partial charge in [-0.25, -0.2) is 0 Å². The van der Waals surface area contributed by atoms with E-state index < -0.39 is 0 Å². The van der Waals surface area contributed by atoms with Crippen LogP contribution < -0.4 is 10.5 Å². The highest BCUT2D eigenvalue weighted by atomic mass is 35.5. The maximum Gasteiger partial charge on any atom is 0.119 e. The number of benzene rings is 1. The Morgan fingerprint density at radius 3 is 2.82 bits per heavy atom. The molecule has 0 bridgehead atoms. The van der Waals surface area contributed by atoms with E-state index in [-0.39, 0.29) is 12.4 Å². The lowest BCUT2D eigenvalue weighted by molar-refractivity contribution is 0.259. The Labute approximate surface area is 109 Å². The average Bonchev–Trinajstić information content (AvgIpc) is 2.75. The van der Waals surface area contributed by atoms with Gasteiger partial charge in [0, 0.05) is 25.2 Å². The maximum absolute atomic E-state index is 5.93. The van der Waals surface area contributed by atoms with Crippen molar-refractivity contribution >= 4 is 12.4 Å². The lowest BCUT2D eigenvalue weighted by Gasteiger charge is -2.24. The fourth-order valence-corrected chi connectivity index (χ4v) is 2.28. The van der Waals surface area contributed by atoms with Crippen molar-refractivity contribution in [2.75, 3.05) is 20.2 Å². The molecule has 0 radical (unpaired) electrons. The van der Waals surface area contributed by atoms with Gasteiger partial charge in [-0.15, -0.1) is 12.4 Å². The summed E-state index contributed by atoms with van der Waals surface area (Å²) in [7, 11) is 1.70. The number of methoxy groups -OCH3 is 1. The van der Waals surface area contributed by atoms with Gasteiger partial charge in [-0.2, -0.15) is 0 Å². The maximum atomic E-state index is 5.93. The first-order chi connectivity index (χ1) is 7.70. The largest absolute Gasteiger partial charge is 0.497 e. The van der Waals surface area contributed by atoms with Crippen LogP contribution in [0, 0.1) is 0 Å².